The maximum atomic E-state index is 13.7. The van der Waals surface area contributed by atoms with Crippen LogP contribution >= 0.6 is 0 Å². The quantitative estimate of drug-likeness (QED) is 0.722. The van der Waals surface area contributed by atoms with Crippen molar-refractivity contribution in [3.05, 3.63) is 12.0 Å². The number of hydrogen-bond donors (Lipinski definition) is 2. The van der Waals surface area contributed by atoms with E-state index in [9.17, 15) is 4.39 Å². The van der Waals surface area contributed by atoms with E-state index < -0.39 is 5.82 Å². The van der Waals surface area contributed by atoms with E-state index in [0.29, 0.717) is 12.6 Å². The lowest BCUT2D eigenvalue weighted by Crippen LogP contribution is -2.26. The Morgan fingerprint density at radius 3 is 2.79 bits per heavy atom. The van der Waals surface area contributed by atoms with E-state index in [-0.39, 0.29) is 11.9 Å². The Morgan fingerprint density at radius 1 is 1.37 bits per heavy atom. The highest BCUT2D eigenvalue weighted by molar-refractivity contribution is 5.41. The fraction of sp³-hybridized carbons (Fsp3) is 0.692. The second-order valence-corrected chi connectivity index (χ2v) is 4.40. The van der Waals surface area contributed by atoms with Crippen LogP contribution in [0, 0.1) is 5.82 Å². The number of nitrogens with zero attached hydrogens (tertiary/aromatic N) is 2. The minimum atomic E-state index is -0.445. The van der Waals surface area contributed by atoms with Gasteiger partial charge in [-0.05, 0) is 12.8 Å². The third-order valence-electron chi connectivity index (χ3n) is 2.62. The standard InChI is InChI=1S/C13H23FN4O/c1-4-6-10(9-19-3)17-12-11(14)8-16-13(18-12)15-7-5-2/h8,10H,4-7,9H2,1-3H3,(H2,15,16,17,18). The molecule has 108 valence electrons. The lowest BCUT2D eigenvalue weighted by Gasteiger charge is -2.18. The highest BCUT2D eigenvalue weighted by Gasteiger charge is 2.12. The van der Waals surface area contributed by atoms with Gasteiger partial charge in [-0.3, -0.25) is 0 Å². The number of methoxy groups -OCH3 is 1. The van der Waals surface area contributed by atoms with Crippen molar-refractivity contribution in [1.29, 1.82) is 0 Å². The molecule has 1 aromatic heterocycles. The molecule has 0 aliphatic heterocycles. The van der Waals surface area contributed by atoms with Crippen molar-refractivity contribution in [2.24, 2.45) is 0 Å². The molecule has 1 aromatic rings. The minimum Gasteiger partial charge on any atom is -0.383 e. The van der Waals surface area contributed by atoms with E-state index >= 15 is 0 Å². The van der Waals surface area contributed by atoms with Gasteiger partial charge in [-0.15, -0.1) is 0 Å². The van der Waals surface area contributed by atoms with E-state index in [2.05, 4.69) is 27.5 Å². The van der Waals surface area contributed by atoms with Crippen LogP contribution in [0.2, 0.25) is 0 Å². The summed E-state index contributed by atoms with van der Waals surface area (Å²) >= 11 is 0. The first-order valence-electron chi connectivity index (χ1n) is 6.73. The summed E-state index contributed by atoms with van der Waals surface area (Å²) in [5.74, 6) is 0.224. The SMILES string of the molecule is CCCNc1ncc(F)c(NC(CCC)COC)n1. The average molecular weight is 270 g/mol. The molecule has 6 heteroatoms. The number of rotatable bonds is 9. The molecule has 2 N–H and O–H groups in total. The maximum absolute atomic E-state index is 13.7. The maximum Gasteiger partial charge on any atom is 0.224 e. The van der Waals surface area contributed by atoms with Gasteiger partial charge in [0.15, 0.2) is 11.6 Å². The van der Waals surface area contributed by atoms with Crippen molar-refractivity contribution in [2.45, 2.75) is 39.2 Å². The van der Waals surface area contributed by atoms with Crippen LogP contribution in [0.25, 0.3) is 0 Å². The molecule has 1 unspecified atom stereocenters. The molecule has 0 saturated heterocycles. The van der Waals surface area contributed by atoms with E-state index in [4.69, 9.17) is 4.74 Å². The Balaban J connectivity index is 2.73. The largest absolute Gasteiger partial charge is 0.383 e. The van der Waals surface area contributed by atoms with Crippen molar-refractivity contribution in [2.75, 3.05) is 30.9 Å². The summed E-state index contributed by atoms with van der Waals surface area (Å²) < 4.78 is 18.8. The Morgan fingerprint density at radius 2 is 2.16 bits per heavy atom. The zero-order chi connectivity index (χ0) is 14.1. The van der Waals surface area contributed by atoms with Crippen LogP contribution in [0.5, 0.6) is 0 Å². The molecule has 1 heterocycles. The third kappa shape index (κ3) is 5.38. The summed E-state index contributed by atoms with van der Waals surface area (Å²) in [5, 5.41) is 6.11. The highest BCUT2D eigenvalue weighted by Crippen LogP contribution is 2.14. The van der Waals surface area contributed by atoms with Crippen LogP contribution in [0.4, 0.5) is 16.2 Å². The van der Waals surface area contributed by atoms with Gasteiger partial charge in [-0.1, -0.05) is 20.3 Å². The van der Waals surface area contributed by atoms with Gasteiger partial charge in [0.1, 0.15) is 0 Å². The van der Waals surface area contributed by atoms with Gasteiger partial charge in [0.05, 0.1) is 18.8 Å². The minimum absolute atomic E-state index is 0.0541. The van der Waals surface area contributed by atoms with Crippen LogP contribution in [0.1, 0.15) is 33.1 Å². The predicted octanol–water partition coefficient (Wildman–Crippen LogP) is 2.66. The second-order valence-electron chi connectivity index (χ2n) is 4.40. The van der Waals surface area contributed by atoms with E-state index in [1.807, 2.05) is 6.92 Å². The Kier molecular flexibility index (Phi) is 7.10. The van der Waals surface area contributed by atoms with Gasteiger partial charge in [0.25, 0.3) is 0 Å². The molecule has 0 amide bonds. The summed E-state index contributed by atoms with van der Waals surface area (Å²) in [6, 6.07) is 0.0541. The van der Waals surface area contributed by atoms with E-state index in [1.165, 1.54) is 6.20 Å². The molecule has 1 rings (SSSR count). The van der Waals surface area contributed by atoms with E-state index in [1.54, 1.807) is 7.11 Å². The first-order chi connectivity index (χ1) is 9.21. The third-order valence-corrected chi connectivity index (χ3v) is 2.62. The molecule has 0 fully saturated rings. The number of ether oxygens (including phenoxy) is 1. The first-order valence-corrected chi connectivity index (χ1v) is 6.73. The number of anilines is 2. The van der Waals surface area contributed by atoms with Crippen molar-refractivity contribution >= 4 is 11.8 Å². The molecule has 0 radical (unpaired) electrons. The van der Waals surface area contributed by atoms with Gasteiger partial charge in [0, 0.05) is 13.7 Å². The molecule has 0 aliphatic carbocycles. The van der Waals surface area contributed by atoms with Crippen molar-refractivity contribution in [3.63, 3.8) is 0 Å². The average Bonchev–Trinajstić information content (AvgIpc) is 2.40. The Labute approximate surface area is 114 Å². The van der Waals surface area contributed by atoms with Crippen LogP contribution in [0.3, 0.4) is 0 Å². The van der Waals surface area contributed by atoms with Gasteiger partial charge in [-0.25, -0.2) is 9.37 Å². The zero-order valence-corrected chi connectivity index (χ0v) is 11.9. The van der Waals surface area contributed by atoms with Gasteiger partial charge >= 0.3 is 0 Å². The summed E-state index contributed by atoms with van der Waals surface area (Å²) in [6.07, 6.45) is 4.04. The number of hydrogen-bond acceptors (Lipinski definition) is 5. The number of nitrogens with one attached hydrogen (secondary N) is 2. The highest BCUT2D eigenvalue weighted by atomic mass is 19.1. The fourth-order valence-corrected chi connectivity index (χ4v) is 1.73. The van der Waals surface area contributed by atoms with Crippen LogP contribution in [-0.2, 0) is 4.74 Å². The van der Waals surface area contributed by atoms with Crippen molar-refractivity contribution < 1.29 is 9.13 Å². The summed E-state index contributed by atoms with van der Waals surface area (Å²) in [5.41, 5.74) is 0. The lowest BCUT2D eigenvalue weighted by molar-refractivity contribution is 0.182. The Bertz CT molecular complexity index is 370. The topological polar surface area (TPSA) is 59.1 Å². The first kappa shape index (κ1) is 15.6. The molecule has 5 nitrogen and oxygen atoms in total. The molecule has 19 heavy (non-hydrogen) atoms. The molecule has 0 aromatic carbocycles. The molecule has 0 saturated carbocycles. The summed E-state index contributed by atoms with van der Waals surface area (Å²) in [4.78, 5) is 8.06. The molecule has 0 spiro atoms. The zero-order valence-electron chi connectivity index (χ0n) is 11.9. The van der Waals surface area contributed by atoms with Crippen molar-refractivity contribution in [3.8, 4) is 0 Å². The monoisotopic (exact) mass is 270 g/mol. The van der Waals surface area contributed by atoms with Gasteiger partial charge < -0.3 is 15.4 Å². The van der Waals surface area contributed by atoms with Gasteiger partial charge in [0.2, 0.25) is 5.95 Å². The van der Waals surface area contributed by atoms with Gasteiger partial charge in [-0.2, -0.15) is 4.98 Å². The fourth-order valence-electron chi connectivity index (χ4n) is 1.73. The molecule has 1 atom stereocenters. The molecular formula is C13H23FN4O. The van der Waals surface area contributed by atoms with Crippen molar-refractivity contribution in [1.82, 2.24) is 9.97 Å². The predicted molar refractivity (Wildman–Crippen MR) is 75.0 cm³/mol. The smallest absolute Gasteiger partial charge is 0.224 e. The summed E-state index contributed by atoms with van der Waals surface area (Å²) in [7, 11) is 1.63. The van der Waals surface area contributed by atoms with Crippen LogP contribution in [0.15, 0.2) is 6.20 Å². The summed E-state index contributed by atoms with van der Waals surface area (Å²) in [6.45, 7) is 5.41. The van der Waals surface area contributed by atoms with Crippen LogP contribution < -0.4 is 10.6 Å². The molecule has 0 bridgehead atoms. The molecule has 0 aliphatic rings. The molecular weight excluding hydrogens is 247 g/mol. The number of halogens is 1. The normalized spacial score (nSPS) is 12.2. The van der Waals surface area contributed by atoms with Crippen LogP contribution in [-0.4, -0.2) is 36.3 Å². The number of aromatic nitrogens is 2. The lowest BCUT2D eigenvalue weighted by atomic mass is 10.2. The second kappa shape index (κ2) is 8.63. The Hall–Kier alpha value is -1.43. The van der Waals surface area contributed by atoms with E-state index in [0.717, 1.165) is 25.8 Å².